The number of nitro groups is 1. The van der Waals surface area contributed by atoms with Gasteiger partial charge in [0.1, 0.15) is 6.04 Å². The summed E-state index contributed by atoms with van der Waals surface area (Å²) in [6.45, 7) is 0. The maximum absolute atomic E-state index is 12.9. The lowest BCUT2D eigenvalue weighted by molar-refractivity contribution is -0.384. The monoisotopic (exact) mass is 520 g/mol. The van der Waals surface area contributed by atoms with Crippen molar-refractivity contribution in [3.8, 4) is 0 Å². The van der Waals surface area contributed by atoms with E-state index in [0.29, 0.717) is 16.9 Å². The highest BCUT2D eigenvalue weighted by Gasteiger charge is 2.22. The van der Waals surface area contributed by atoms with Crippen molar-refractivity contribution in [1.29, 1.82) is 0 Å². The number of ether oxygens (including phenoxy) is 1. The van der Waals surface area contributed by atoms with Gasteiger partial charge in [0, 0.05) is 29.2 Å². The van der Waals surface area contributed by atoms with E-state index in [1.807, 2.05) is 30.3 Å². The Kier molecular flexibility index (Phi) is 9.91. The molecule has 2 amide bonds. The van der Waals surface area contributed by atoms with Gasteiger partial charge in [-0.3, -0.25) is 19.7 Å². The second kappa shape index (κ2) is 13.5. The van der Waals surface area contributed by atoms with Crippen molar-refractivity contribution in [3.63, 3.8) is 0 Å². The SMILES string of the molecule is COC(=O)c1ccc(/C=N\NC(=O)[C@H](CSCc2ccccc2)NC(=O)c2ccc([N+](=O)[O-])cc2)cc1. The van der Waals surface area contributed by atoms with E-state index in [9.17, 15) is 24.5 Å². The van der Waals surface area contributed by atoms with Crippen LogP contribution in [0.5, 0.6) is 0 Å². The molecule has 0 saturated carbocycles. The average molecular weight is 521 g/mol. The first-order valence-corrected chi connectivity index (χ1v) is 12.2. The van der Waals surface area contributed by atoms with E-state index in [1.54, 1.807) is 24.3 Å². The molecule has 0 saturated heterocycles. The molecule has 1 atom stereocenters. The molecule has 0 unspecified atom stereocenters. The highest BCUT2D eigenvalue weighted by Crippen LogP contribution is 2.15. The Bertz CT molecular complexity index is 1260. The van der Waals surface area contributed by atoms with Crippen molar-refractivity contribution in [1.82, 2.24) is 10.7 Å². The van der Waals surface area contributed by atoms with Crippen molar-refractivity contribution in [2.45, 2.75) is 11.8 Å². The molecule has 3 aromatic rings. The lowest BCUT2D eigenvalue weighted by Crippen LogP contribution is -2.47. The third kappa shape index (κ3) is 8.29. The van der Waals surface area contributed by atoms with Gasteiger partial charge < -0.3 is 10.1 Å². The molecule has 10 nitrogen and oxygen atoms in total. The van der Waals surface area contributed by atoms with Gasteiger partial charge in [-0.2, -0.15) is 16.9 Å². The quantitative estimate of drug-likeness (QED) is 0.170. The van der Waals surface area contributed by atoms with E-state index < -0.39 is 28.7 Å². The van der Waals surface area contributed by atoms with Gasteiger partial charge in [0.15, 0.2) is 0 Å². The second-order valence-corrected chi connectivity index (χ2v) is 8.71. The predicted molar refractivity (Wildman–Crippen MR) is 140 cm³/mol. The summed E-state index contributed by atoms with van der Waals surface area (Å²) in [5.74, 6) is -0.635. The molecule has 0 fully saturated rings. The Morgan fingerprint density at radius 2 is 1.65 bits per heavy atom. The fourth-order valence-electron chi connectivity index (χ4n) is 3.10. The third-order valence-electron chi connectivity index (χ3n) is 5.08. The number of benzene rings is 3. The number of hydrazone groups is 1. The fourth-order valence-corrected chi connectivity index (χ4v) is 4.12. The minimum Gasteiger partial charge on any atom is -0.465 e. The van der Waals surface area contributed by atoms with Gasteiger partial charge in [0.25, 0.3) is 17.5 Å². The van der Waals surface area contributed by atoms with Crippen LogP contribution in [0.15, 0.2) is 84.0 Å². The molecule has 0 radical (unpaired) electrons. The summed E-state index contributed by atoms with van der Waals surface area (Å²) in [5.41, 5.74) is 4.57. The lowest BCUT2D eigenvalue weighted by Gasteiger charge is -2.17. The molecule has 0 bridgehead atoms. The van der Waals surface area contributed by atoms with Gasteiger partial charge >= 0.3 is 5.97 Å². The number of non-ortho nitro benzene ring substituents is 1. The van der Waals surface area contributed by atoms with Crippen LogP contribution < -0.4 is 10.7 Å². The van der Waals surface area contributed by atoms with E-state index in [2.05, 4.69) is 20.6 Å². The Morgan fingerprint density at radius 1 is 1.00 bits per heavy atom. The number of nitrogens with zero attached hydrogens (tertiary/aromatic N) is 2. The van der Waals surface area contributed by atoms with Crippen LogP contribution in [0.4, 0.5) is 5.69 Å². The minimum absolute atomic E-state index is 0.141. The number of nitrogens with one attached hydrogen (secondary N) is 2. The van der Waals surface area contributed by atoms with Crippen LogP contribution in [0.25, 0.3) is 0 Å². The largest absolute Gasteiger partial charge is 0.465 e. The molecule has 0 aliphatic heterocycles. The number of amides is 2. The molecular formula is C26H24N4O6S. The summed E-state index contributed by atoms with van der Waals surface area (Å²) in [7, 11) is 1.29. The average Bonchev–Trinajstić information content (AvgIpc) is 2.93. The molecule has 3 rings (SSSR count). The van der Waals surface area contributed by atoms with Crippen LogP contribution in [0.3, 0.4) is 0 Å². The molecule has 0 aliphatic rings. The molecule has 0 heterocycles. The number of nitro benzene ring substituents is 1. The predicted octanol–water partition coefficient (Wildman–Crippen LogP) is 3.56. The highest BCUT2D eigenvalue weighted by atomic mass is 32.2. The van der Waals surface area contributed by atoms with Gasteiger partial charge in [0.2, 0.25) is 0 Å². The first-order chi connectivity index (χ1) is 17.9. The van der Waals surface area contributed by atoms with Crippen molar-refractivity contribution in [2.24, 2.45) is 5.10 Å². The number of carbonyl (C=O) groups is 3. The number of carbonyl (C=O) groups excluding carboxylic acids is 3. The van der Waals surface area contributed by atoms with Gasteiger partial charge in [-0.25, -0.2) is 10.2 Å². The number of thioether (sulfide) groups is 1. The zero-order chi connectivity index (χ0) is 26.6. The normalized spacial score (nSPS) is 11.5. The number of esters is 1. The Morgan fingerprint density at radius 3 is 2.27 bits per heavy atom. The summed E-state index contributed by atoms with van der Waals surface area (Å²) in [4.78, 5) is 47.4. The standard InChI is InChI=1S/C26H24N4O6S/c1-36-26(33)21-9-7-18(8-10-21)15-27-29-25(32)23(17-37-16-19-5-3-2-4-6-19)28-24(31)20-11-13-22(14-12-20)30(34)35/h2-15,23H,16-17H2,1H3,(H,28,31)(H,29,32)/b27-15-/t23-/m0/s1. The van der Waals surface area contributed by atoms with E-state index in [0.717, 1.165) is 5.56 Å². The molecular weight excluding hydrogens is 496 g/mol. The Balaban J connectivity index is 1.65. The van der Waals surface area contributed by atoms with Crippen LogP contribution in [0.1, 0.15) is 31.8 Å². The smallest absolute Gasteiger partial charge is 0.337 e. The maximum atomic E-state index is 12.9. The second-order valence-electron chi connectivity index (χ2n) is 7.68. The topological polar surface area (TPSA) is 140 Å². The molecule has 0 aliphatic carbocycles. The van der Waals surface area contributed by atoms with Crippen LogP contribution >= 0.6 is 11.8 Å². The Labute approximate surface area is 217 Å². The van der Waals surface area contributed by atoms with E-state index in [-0.39, 0.29) is 17.0 Å². The molecule has 2 N–H and O–H groups in total. The van der Waals surface area contributed by atoms with Crippen molar-refractivity contribution < 1.29 is 24.0 Å². The number of methoxy groups -OCH3 is 1. The van der Waals surface area contributed by atoms with Gasteiger partial charge in [-0.15, -0.1) is 0 Å². The van der Waals surface area contributed by atoms with Crippen molar-refractivity contribution >= 4 is 41.4 Å². The molecule has 190 valence electrons. The first-order valence-electron chi connectivity index (χ1n) is 11.1. The lowest BCUT2D eigenvalue weighted by atomic mass is 10.1. The molecule has 0 aromatic heterocycles. The summed E-state index contributed by atoms with van der Waals surface area (Å²) >= 11 is 1.46. The van der Waals surface area contributed by atoms with Crippen molar-refractivity contribution in [3.05, 3.63) is 111 Å². The van der Waals surface area contributed by atoms with Gasteiger partial charge in [-0.1, -0.05) is 42.5 Å². The summed E-state index contributed by atoms with van der Waals surface area (Å²) in [5, 5.41) is 17.5. The Hall–Kier alpha value is -4.51. The summed E-state index contributed by atoms with van der Waals surface area (Å²) in [6, 6.07) is 20.3. The molecule has 37 heavy (non-hydrogen) atoms. The van der Waals surface area contributed by atoms with Gasteiger partial charge in [-0.05, 0) is 35.4 Å². The minimum atomic E-state index is -0.921. The summed E-state index contributed by atoms with van der Waals surface area (Å²) in [6.07, 6.45) is 1.41. The molecule has 3 aromatic carbocycles. The van der Waals surface area contributed by atoms with Crippen molar-refractivity contribution in [2.75, 3.05) is 12.9 Å². The zero-order valence-electron chi connectivity index (χ0n) is 19.8. The van der Waals surface area contributed by atoms with E-state index in [1.165, 1.54) is 49.4 Å². The van der Waals surface area contributed by atoms with Crippen LogP contribution in [0, 0.1) is 10.1 Å². The van der Waals surface area contributed by atoms with E-state index >= 15 is 0 Å². The van der Waals surface area contributed by atoms with Crippen LogP contribution in [0.2, 0.25) is 0 Å². The highest BCUT2D eigenvalue weighted by molar-refractivity contribution is 7.98. The third-order valence-corrected chi connectivity index (χ3v) is 6.18. The zero-order valence-corrected chi connectivity index (χ0v) is 20.6. The maximum Gasteiger partial charge on any atom is 0.337 e. The number of hydrogen-bond donors (Lipinski definition) is 2. The number of rotatable bonds is 11. The number of hydrogen-bond acceptors (Lipinski definition) is 8. The van der Waals surface area contributed by atoms with Crippen LogP contribution in [-0.2, 0) is 15.3 Å². The first kappa shape index (κ1) is 27.1. The fraction of sp³-hybridized carbons (Fsp3) is 0.154. The molecule has 0 spiro atoms. The molecule has 11 heteroatoms. The van der Waals surface area contributed by atoms with Crippen LogP contribution in [-0.4, -0.2) is 47.8 Å². The summed E-state index contributed by atoms with van der Waals surface area (Å²) < 4.78 is 4.66. The van der Waals surface area contributed by atoms with E-state index in [4.69, 9.17) is 0 Å². The van der Waals surface area contributed by atoms with Gasteiger partial charge in [0.05, 0.1) is 23.8 Å².